The van der Waals surface area contributed by atoms with Gasteiger partial charge in [-0.25, -0.2) is 8.42 Å². The Hall–Kier alpha value is -2.02. The lowest BCUT2D eigenvalue weighted by atomic mass is 10.2. The minimum atomic E-state index is -4.63. The van der Waals surface area contributed by atoms with Crippen LogP contribution in [0.4, 0.5) is 18.9 Å². The summed E-state index contributed by atoms with van der Waals surface area (Å²) < 4.78 is 62.9. The lowest BCUT2D eigenvalue weighted by Crippen LogP contribution is -2.10. The molecule has 0 saturated carbocycles. The lowest BCUT2D eigenvalue weighted by molar-refractivity contribution is -0.137. The van der Waals surface area contributed by atoms with Gasteiger partial charge in [0.05, 0.1) is 21.0 Å². The van der Waals surface area contributed by atoms with E-state index in [0.717, 1.165) is 17.7 Å². The van der Waals surface area contributed by atoms with E-state index in [1.807, 2.05) is 0 Å². The Morgan fingerprint density at radius 1 is 1.00 bits per heavy atom. The molecule has 0 aliphatic heterocycles. The molecule has 0 bridgehead atoms. The zero-order valence-corrected chi connectivity index (χ0v) is 11.8. The molecule has 2 aromatic carbocycles. The molecule has 0 saturated heterocycles. The molecule has 0 radical (unpaired) electrons. The molecule has 0 spiro atoms. The van der Waals surface area contributed by atoms with Gasteiger partial charge in [0.1, 0.15) is 0 Å². The number of aryl methyl sites for hydroxylation is 1. The van der Waals surface area contributed by atoms with Crippen molar-refractivity contribution in [2.24, 2.45) is 0 Å². The largest absolute Gasteiger partial charge is 0.416 e. The summed E-state index contributed by atoms with van der Waals surface area (Å²) in [6.45, 7) is 1.77. The van der Waals surface area contributed by atoms with Crippen molar-refractivity contribution in [3.05, 3.63) is 53.6 Å². The van der Waals surface area contributed by atoms with Crippen LogP contribution in [0, 0.1) is 6.92 Å². The Labute approximate surface area is 120 Å². The normalized spacial score (nSPS) is 12.4. The summed E-state index contributed by atoms with van der Waals surface area (Å²) in [5.41, 5.74) is 5.11. The summed E-state index contributed by atoms with van der Waals surface area (Å²) >= 11 is 0. The van der Waals surface area contributed by atoms with Crippen LogP contribution in [0.5, 0.6) is 0 Å². The highest BCUT2D eigenvalue weighted by atomic mass is 32.2. The summed E-state index contributed by atoms with van der Waals surface area (Å²) in [6.07, 6.45) is -4.63. The molecular formula is C14H12F3NO2S. The van der Waals surface area contributed by atoms with Crippen LogP contribution in [0.3, 0.4) is 0 Å². The molecule has 0 fully saturated rings. The van der Waals surface area contributed by atoms with Crippen LogP contribution in [-0.4, -0.2) is 8.42 Å². The topological polar surface area (TPSA) is 60.2 Å². The number of hydrogen-bond acceptors (Lipinski definition) is 3. The SMILES string of the molecule is Cc1ccc(S(=O)(=O)c2cc(C(F)(F)F)ccc2N)cc1. The molecule has 2 rings (SSSR count). The van der Waals surface area contributed by atoms with Gasteiger partial charge in [0.2, 0.25) is 9.84 Å². The van der Waals surface area contributed by atoms with E-state index in [1.54, 1.807) is 19.1 Å². The maximum atomic E-state index is 12.7. The average molecular weight is 315 g/mol. The van der Waals surface area contributed by atoms with E-state index in [9.17, 15) is 21.6 Å². The second-order valence-electron chi connectivity index (χ2n) is 4.57. The van der Waals surface area contributed by atoms with Crippen LogP contribution >= 0.6 is 0 Å². The fourth-order valence-electron chi connectivity index (χ4n) is 1.79. The third kappa shape index (κ3) is 3.02. The molecule has 0 aliphatic rings. The van der Waals surface area contributed by atoms with E-state index in [2.05, 4.69) is 0 Å². The van der Waals surface area contributed by atoms with E-state index in [1.165, 1.54) is 12.1 Å². The van der Waals surface area contributed by atoms with Gasteiger partial charge in [0.25, 0.3) is 0 Å². The van der Waals surface area contributed by atoms with Gasteiger partial charge in [-0.2, -0.15) is 13.2 Å². The minimum absolute atomic E-state index is 0.0980. The predicted molar refractivity (Wildman–Crippen MR) is 72.5 cm³/mol. The van der Waals surface area contributed by atoms with Gasteiger partial charge in [0, 0.05) is 0 Å². The van der Waals surface area contributed by atoms with Crippen molar-refractivity contribution >= 4 is 15.5 Å². The number of anilines is 1. The number of sulfone groups is 1. The second-order valence-corrected chi connectivity index (χ2v) is 6.48. The molecule has 0 heterocycles. The first-order valence-electron chi connectivity index (χ1n) is 5.91. The van der Waals surface area contributed by atoms with Crippen LogP contribution in [0.1, 0.15) is 11.1 Å². The van der Waals surface area contributed by atoms with Gasteiger partial charge < -0.3 is 5.73 Å². The van der Waals surface area contributed by atoms with E-state index >= 15 is 0 Å². The Morgan fingerprint density at radius 3 is 2.10 bits per heavy atom. The van der Waals surface area contributed by atoms with Gasteiger partial charge in [0.15, 0.2) is 0 Å². The van der Waals surface area contributed by atoms with E-state index in [4.69, 9.17) is 5.73 Å². The number of nitrogens with two attached hydrogens (primary N) is 1. The highest BCUT2D eigenvalue weighted by Crippen LogP contribution is 2.34. The minimum Gasteiger partial charge on any atom is -0.398 e. The summed E-state index contributed by atoms with van der Waals surface area (Å²) in [7, 11) is -4.09. The molecule has 0 aliphatic carbocycles. The van der Waals surface area contributed by atoms with Crippen LogP contribution in [-0.2, 0) is 16.0 Å². The molecule has 0 aromatic heterocycles. The smallest absolute Gasteiger partial charge is 0.398 e. The highest BCUT2D eigenvalue weighted by molar-refractivity contribution is 7.91. The number of alkyl halides is 3. The molecule has 0 atom stereocenters. The van der Waals surface area contributed by atoms with Crippen molar-refractivity contribution in [3.8, 4) is 0 Å². The highest BCUT2D eigenvalue weighted by Gasteiger charge is 2.33. The van der Waals surface area contributed by atoms with Crippen LogP contribution in [0.25, 0.3) is 0 Å². The predicted octanol–water partition coefficient (Wildman–Crippen LogP) is 3.43. The Bertz CT molecular complexity index is 766. The third-order valence-corrected chi connectivity index (χ3v) is 4.79. The molecule has 2 N–H and O–H groups in total. The first-order valence-corrected chi connectivity index (χ1v) is 7.39. The molecule has 2 aromatic rings. The second kappa shape index (κ2) is 5.07. The van der Waals surface area contributed by atoms with Gasteiger partial charge in [-0.1, -0.05) is 17.7 Å². The van der Waals surface area contributed by atoms with Crippen LogP contribution in [0.15, 0.2) is 52.3 Å². The number of nitrogen functional groups attached to an aromatic ring is 1. The monoisotopic (exact) mass is 315 g/mol. The number of benzene rings is 2. The fraction of sp³-hybridized carbons (Fsp3) is 0.143. The Morgan fingerprint density at radius 2 is 1.57 bits per heavy atom. The molecule has 112 valence electrons. The number of rotatable bonds is 2. The summed E-state index contributed by atoms with van der Waals surface area (Å²) in [4.78, 5) is -0.639. The lowest BCUT2D eigenvalue weighted by Gasteiger charge is -2.12. The first kappa shape index (κ1) is 15.4. The van der Waals surface area contributed by atoms with E-state index < -0.39 is 26.5 Å². The van der Waals surface area contributed by atoms with Crippen LogP contribution < -0.4 is 5.73 Å². The van der Waals surface area contributed by atoms with Gasteiger partial charge in [-0.3, -0.25) is 0 Å². The Balaban J connectivity index is 2.62. The van der Waals surface area contributed by atoms with E-state index in [0.29, 0.717) is 6.07 Å². The van der Waals surface area contributed by atoms with Gasteiger partial charge in [-0.15, -0.1) is 0 Å². The summed E-state index contributed by atoms with van der Waals surface area (Å²) in [6, 6.07) is 8.07. The average Bonchev–Trinajstić information content (AvgIpc) is 2.38. The van der Waals surface area contributed by atoms with E-state index in [-0.39, 0.29) is 10.6 Å². The van der Waals surface area contributed by atoms with Gasteiger partial charge >= 0.3 is 6.18 Å². The van der Waals surface area contributed by atoms with Crippen molar-refractivity contribution in [2.75, 3.05) is 5.73 Å². The molecule has 7 heteroatoms. The summed E-state index contributed by atoms with van der Waals surface area (Å²) in [5, 5.41) is 0. The zero-order chi connectivity index (χ0) is 15.8. The van der Waals surface area contributed by atoms with Crippen molar-refractivity contribution in [1.29, 1.82) is 0 Å². The first-order chi connectivity index (χ1) is 9.62. The quantitative estimate of drug-likeness (QED) is 0.864. The fourth-order valence-corrected chi connectivity index (χ4v) is 3.20. The van der Waals surface area contributed by atoms with Crippen molar-refractivity contribution in [1.82, 2.24) is 0 Å². The van der Waals surface area contributed by atoms with Crippen molar-refractivity contribution < 1.29 is 21.6 Å². The number of hydrogen-bond donors (Lipinski definition) is 1. The Kier molecular flexibility index (Phi) is 3.71. The molecule has 3 nitrogen and oxygen atoms in total. The maximum Gasteiger partial charge on any atom is 0.416 e. The van der Waals surface area contributed by atoms with Crippen molar-refractivity contribution in [3.63, 3.8) is 0 Å². The van der Waals surface area contributed by atoms with Crippen LogP contribution in [0.2, 0.25) is 0 Å². The third-order valence-electron chi connectivity index (χ3n) is 2.96. The van der Waals surface area contributed by atoms with Crippen molar-refractivity contribution in [2.45, 2.75) is 22.9 Å². The molecule has 0 amide bonds. The zero-order valence-electron chi connectivity index (χ0n) is 11.0. The molecule has 21 heavy (non-hydrogen) atoms. The standard InChI is InChI=1S/C14H12F3NO2S/c1-9-2-5-11(6-3-9)21(19,20)13-8-10(14(15,16)17)4-7-12(13)18/h2-8H,18H2,1H3. The summed E-state index contributed by atoms with van der Waals surface area (Å²) in [5.74, 6) is 0. The molecular weight excluding hydrogens is 303 g/mol. The molecule has 0 unspecified atom stereocenters. The number of halogens is 3. The maximum absolute atomic E-state index is 12.7. The van der Waals surface area contributed by atoms with Gasteiger partial charge in [-0.05, 0) is 37.3 Å².